The zero-order chi connectivity index (χ0) is 13.8. The summed E-state index contributed by atoms with van der Waals surface area (Å²) in [6.45, 7) is 3.99. The molecule has 0 saturated heterocycles. The number of hydrogen-bond donors (Lipinski definition) is 0. The maximum Gasteiger partial charge on any atom is 0.309 e. The lowest BCUT2D eigenvalue weighted by atomic mass is 10.1. The Balaban J connectivity index is 1.77. The lowest BCUT2D eigenvalue weighted by Crippen LogP contribution is -2.19. The second kappa shape index (κ2) is 6.33. The summed E-state index contributed by atoms with van der Waals surface area (Å²) >= 11 is 1.75. The molecule has 19 heavy (non-hydrogen) atoms. The molecule has 0 amide bonds. The number of rotatable bonds is 5. The van der Waals surface area contributed by atoms with E-state index in [0.717, 1.165) is 23.7 Å². The van der Waals surface area contributed by atoms with Crippen LogP contribution in [0.15, 0.2) is 18.2 Å². The van der Waals surface area contributed by atoms with Crippen molar-refractivity contribution in [1.82, 2.24) is 0 Å². The highest BCUT2D eigenvalue weighted by molar-refractivity contribution is 7.99. The number of ether oxygens (including phenoxy) is 2. The first-order valence-corrected chi connectivity index (χ1v) is 7.67. The van der Waals surface area contributed by atoms with Gasteiger partial charge in [0.2, 0.25) is 0 Å². The van der Waals surface area contributed by atoms with Gasteiger partial charge >= 0.3 is 5.97 Å². The summed E-state index contributed by atoms with van der Waals surface area (Å²) in [5.41, 5.74) is 2.57. The van der Waals surface area contributed by atoms with E-state index in [1.54, 1.807) is 11.8 Å². The van der Waals surface area contributed by atoms with E-state index in [0.29, 0.717) is 0 Å². The standard InChI is InChI=1S/C15H20O3S/c1-10-4-5-14-12(6-10)7-13(18-14)9-19-8-11(2)15(16)17-3/h4-6,11,13H,7-9H2,1-3H3. The van der Waals surface area contributed by atoms with E-state index in [-0.39, 0.29) is 18.0 Å². The normalized spacial score (nSPS) is 18.6. The highest BCUT2D eigenvalue weighted by Gasteiger charge is 2.23. The molecule has 0 bridgehead atoms. The van der Waals surface area contributed by atoms with Gasteiger partial charge in [0.1, 0.15) is 11.9 Å². The molecule has 0 spiro atoms. The third-order valence-corrected chi connectivity index (χ3v) is 4.58. The number of hydrogen-bond acceptors (Lipinski definition) is 4. The third kappa shape index (κ3) is 3.66. The van der Waals surface area contributed by atoms with Gasteiger partial charge in [-0.25, -0.2) is 0 Å². The minimum atomic E-state index is -0.140. The number of carbonyl (C=O) groups excluding carboxylic acids is 1. The van der Waals surface area contributed by atoms with Crippen LogP contribution >= 0.6 is 11.8 Å². The van der Waals surface area contributed by atoms with E-state index in [1.807, 2.05) is 13.0 Å². The quantitative estimate of drug-likeness (QED) is 0.777. The van der Waals surface area contributed by atoms with Crippen molar-refractivity contribution in [3.63, 3.8) is 0 Å². The van der Waals surface area contributed by atoms with E-state index in [2.05, 4.69) is 19.1 Å². The second-order valence-corrected chi connectivity index (χ2v) is 6.09. The van der Waals surface area contributed by atoms with Crippen LogP contribution in [0.1, 0.15) is 18.1 Å². The Morgan fingerprint density at radius 3 is 3.11 bits per heavy atom. The number of fused-ring (bicyclic) bond motifs is 1. The number of benzene rings is 1. The fourth-order valence-corrected chi connectivity index (χ4v) is 3.26. The van der Waals surface area contributed by atoms with Gasteiger partial charge in [-0.2, -0.15) is 11.8 Å². The van der Waals surface area contributed by atoms with E-state index in [4.69, 9.17) is 9.47 Å². The van der Waals surface area contributed by atoms with Crippen molar-refractivity contribution in [2.24, 2.45) is 5.92 Å². The maximum atomic E-state index is 11.3. The molecule has 0 aliphatic carbocycles. The number of esters is 1. The van der Waals surface area contributed by atoms with Crippen LogP contribution in [-0.2, 0) is 16.0 Å². The Morgan fingerprint density at radius 2 is 2.37 bits per heavy atom. The van der Waals surface area contributed by atoms with Crippen molar-refractivity contribution in [3.8, 4) is 5.75 Å². The van der Waals surface area contributed by atoms with Crippen molar-refractivity contribution in [1.29, 1.82) is 0 Å². The first-order valence-electron chi connectivity index (χ1n) is 6.52. The van der Waals surface area contributed by atoms with Crippen molar-refractivity contribution in [2.45, 2.75) is 26.4 Å². The molecule has 1 heterocycles. The zero-order valence-electron chi connectivity index (χ0n) is 11.6. The molecule has 2 rings (SSSR count). The topological polar surface area (TPSA) is 35.5 Å². The highest BCUT2D eigenvalue weighted by Crippen LogP contribution is 2.31. The summed E-state index contributed by atoms with van der Waals surface area (Å²) < 4.78 is 10.6. The van der Waals surface area contributed by atoms with E-state index in [1.165, 1.54) is 18.2 Å². The lowest BCUT2D eigenvalue weighted by molar-refractivity contribution is -0.143. The van der Waals surface area contributed by atoms with Crippen LogP contribution in [0.2, 0.25) is 0 Å². The molecular weight excluding hydrogens is 260 g/mol. The first-order chi connectivity index (χ1) is 9.10. The maximum absolute atomic E-state index is 11.3. The van der Waals surface area contributed by atoms with Crippen molar-refractivity contribution < 1.29 is 14.3 Å². The minimum absolute atomic E-state index is 0.0546. The van der Waals surface area contributed by atoms with Gasteiger partial charge in [0.15, 0.2) is 0 Å². The van der Waals surface area contributed by atoms with Gasteiger partial charge in [-0.1, -0.05) is 24.6 Å². The molecule has 2 unspecified atom stereocenters. The van der Waals surface area contributed by atoms with Crippen LogP contribution in [0.5, 0.6) is 5.75 Å². The average molecular weight is 280 g/mol. The van der Waals surface area contributed by atoms with E-state index >= 15 is 0 Å². The highest BCUT2D eigenvalue weighted by atomic mass is 32.2. The Labute approximate surface area is 118 Å². The molecule has 0 saturated carbocycles. The Hall–Kier alpha value is -1.16. The molecule has 1 aromatic rings. The zero-order valence-corrected chi connectivity index (χ0v) is 12.5. The lowest BCUT2D eigenvalue weighted by Gasteiger charge is -2.12. The number of thioether (sulfide) groups is 1. The fraction of sp³-hybridized carbons (Fsp3) is 0.533. The number of methoxy groups -OCH3 is 1. The van der Waals surface area contributed by atoms with E-state index in [9.17, 15) is 4.79 Å². The Kier molecular flexibility index (Phi) is 4.75. The molecule has 0 N–H and O–H groups in total. The summed E-state index contributed by atoms with van der Waals surface area (Å²) in [5.74, 6) is 2.51. The molecule has 1 aromatic carbocycles. The van der Waals surface area contributed by atoms with Crippen LogP contribution < -0.4 is 4.74 Å². The summed E-state index contributed by atoms with van der Waals surface area (Å²) in [6.07, 6.45) is 1.20. The van der Waals surface area contributed by atoms with Crippen molar-refractivity contribution >= 4 is 17.7 Å². The van der Waals surface area contributed by atoms with Gasteiger partial charge in [0, 0.05) is 17.9 Å². The SMILES string of the molecule is COC(=O)C(C)CSCC1Cc2cc(C)ccc2O1. The fourth-order valence-electron chi connectivity index (χ4n) is 2.19. The average Bonchev–Trinajstić information content (AvgIpc) is 2.79. The summed E-state index contributed by atoms with van der Waals surface area (Å²) in [4.78, 5) is 11.3. The van der Waals surface area contributed by atoms with Crippen molar-refractivity contribution in [3.05, 3.63) is 29.3 Å². The van der Waals surface area contributed by atoms with Gasteiger partial charge in [-0.15, -0.1) is 0 Å². The monoisotopic (exact) mass is 280 g/mol. The van der Waals surface area contributed by atoms with Gasteiger partial charge in [-0.05, 0) is 18.6 Å². The largest absolute Gasteiger partial charge is 0.489 e. The second-order valence-electron chi connectivity index (χ2n) is 5.02. The van der Waals surface area contributed by atoms with Crippen LogP contribution in [0.3, 0.4) is 0 Å². The predicted molar refractivity (Wildman–Crippen MR) is 77.8 cm³/mol. The molecule has 0 aromatic heterocycles. The molecular formula is C15H20O3S. The van der Waals surface area contributed by atoms with Crippen LogP contribution in [0.25, 0.3) is 0 Å². The molecule has 1 aliphatic rings. The first kappa shape index (κ1) is 14.3. The summed E-state index contributed by atoms with van der Waals surface area (Å²) in [7, 11) is 1.43. The van der Waals surface area contributed by atoms with Crippen molar-refractivity contribution in [2.75, 3.05) is 18.6 Å². The van der Waals surface area contributed by atoms with Gasteiger partial charge < -0.3 is 9.47 Å². The predicted octanol–water partition coefficient (Wildman–Crippen LogP) is 2.84. The van der Waals surface area contributed by atoms with Gasteiger partial charge in [0.05, 0.1) is 13.0 Å². The van der Waals surface area contributed by atoms with Crippen LogP contribution in [0.4, 0.5) is 0 Å². The van der Waals surface area contributed by atoms with Crippen LogP contribution in [-0.4, -0.2) is 30.7 Å². The number of aryl methyl sites for hydroxylation is 1. The van der Waals surface area contributed by atoms with Gasteiger partial charge in [-0.3, -0.25) is 4.79 Å². The summed E-state index contributed by atoms with van der Waals surface area (Å²) in [6, 6.07) is 6.32. The molecule has 0 fully saturated rings. The smallest absolute Gasteiger partial charge is 0.309 e. The van der Waals surface area contributed by atoms with Crippen LogP contribution in [0, 0.1) is 12.8 Å². The molecule has 4 heteroatoms. The molecule has 2 atom stereocenters. The Bertz CT molecular complexity index is 459. The number of carbonyl (C=O) groups is 1. The minimum Gasteiger partial charge on any atom is -0.489 e. The van der Waals surface area contributed by atoms with E-state index < -0.39 is 0 Å². The molecule has 104 valence electrons. The molecule has 1 aliphatic heterocycles. The summed E-state index contributed by atoms with van der Waals surface area (Å²) in [5, 5.41) is 0. The third-order valence-electron chi connectivity index (χ3n) is 3.23. The molecule has 0 radical (unpaired) electrons. The van der Waals surface area contributed by atoms with Gasteiger partial charge in [0.25, 0.3) is 0 Å². The molecule has 3 nitrogen and oxygen atoms in total. The Morgan fingerprint density at radius 1 is 1.58 bits per heavy atom.